The minimum atomic E-state index is 0.364. The third kappa shape index (κ3) is 9.47. The van der Waals surface area contributed by atoms with Gasteiger partial charge in [-0.05, 0) is 43.0 Å². The fourth-order valence-electron chi connectivity index (χ4n) is 2.45. The third-order valence-electron chi connectivity index (χ3n) is 4.07. The zero-order valence-corrected chi connectivity index (χ0v) is 17.2. The highest BCUT2D eigenvalue weighted by atomic mass is 32.1. The van der Waals surface area contributed by atoms with E-state index in [-0.39, 0.29) is 0 Å². The molecular formula is C21H32N4OS. The Balaban J connectivity index is 2.51. The van der Waals surface area contributed by atoms with Gasteiger partial charge < -0.3 is 15.8 Å². The van der Waals surface area contributed by atoms with E-state index in [0.29, 0.717) is 11.4 Å². The van der Waals surface area contributed by atoms with E-state index in [1.807, 2.05) is 19.1 Å². The van der Waals surface area contributed by atoms with Gasteiger partial charge in [0, 0.05) is 36.6 Å². The first-order valence-corrected chi connectivity index (χ1v) is 9.58. The molecule has 0 atom stereocenters. The predicted octanol–water partition coefficient (Wildman–Crippen LogP) is 3.19. The van der Waals surface area contributed by atoms with E-state index >= 15 is 0 Å². The van der Waals surface area contributed by atoms with Gasteiger partial charge in [-0.25, -0.2) is 4.99 Å². The van der Waals surface area contributed by atoms with E-state index in [0.717, 1.165) is 62.8 Å². The lowest BCUT2D eigenvalue weighted by molar-refractivity contribution is 0.0375. The molecule has 27 heavy (non-hydrogen) atoms. The zero-order valence-electron chi connectivity index (χ0n) is 16.3. The molecule has 0 aromatic heterocycles. The van der Waals surface area contributed by atoms with Gasteiger partial charge in [0.25, 0.3) is 0 Å². The highest BCUT2D eigenvalue weighted by Gasteiger charge is 2.09. The number of nitrogens with one attached hydrogen (secondary N) is 1. The molecule has 1 aliphatic heterocycles. The highest BCUT2D eigenvalue weighted by molar-refractivity contribution is 7.83. The quantitative estimate of drug-likeness (QED) is 0.167. The Morgan fingerprint density at radius 2 is 2.00 bits per heavy atom. The maximum atomic E-state index is 5.89. The standard InChI is InChI=1S/C21H32N4OS/c1-5-20(8-7-18(3)24-21(22)17(2)9-16-27)19(4)23-10-6-11-25-12-14-26-15-13-25/h5,7-9,16,23,27H,1-2,4,6,10-15H2,3H3,(H2,22,24)/b16-9-,18-7+,20-8-. The van der Waals surface area contributed by atoms with Gasteiger partial charge >= 0.3 is 0 Å². The average molecular weight is 389 g/mol. The summed E-state index contributed by atoms with van der Waals surface area (Å²) in [6, 6.07) is 0. The SMILES string of the molecule is C=C/C(=C/C=C(\C)N=C(N)C(=C)/C=C\S)C(=C)NCCCN1CCOCC1. The van der Waals surface area contributed by atoms with Crippen LogP contribution in [0.2, 0.25) is 0 Å². The molecule has 0 amide bonds. The fourth-order valence-corrected chi connectivity index (χ4v) is 2.63. The molecule has 0 unspecified atom stereocenters. The Morgan fingerprint density at radius 1 is 1.30 bits per heavy atom. The van der Waals surface area contributed by atoms with Crippen molar-refractivity contribution in [2.75, 3.05) is 39.4 Å². The number of amidine groups is 1. The van der Waals surface area contributed by atoms with E-state index in [4.69, 9.17) is 10.5 Å². The topological polar surface area (TPSA) is 62.9 Å². The summed E-state index contributed by atoms with van der Waals surface area (Å²) in [6.45, 7) is 19.3. The van der Waals surface area contributed by atoms with Crippen LogP contribution in [-0.4, -0.2) is 50.1 Å². The molecule has 1 aliphatic rings. The number of nitrogens with zero attached hydrogens (tertiary/aromatic N) is 2. The second-order valence-corrected chi connectivity index (χ2v) is 6.48. The number of thiol groups is 1. The van der Waals surface area contributed by atoms with E-state index in [1.54, 1.807) is 17.6 Å². The molecule has 3 N–H and O–H groups in total. The van der Waals surface area contributed by atoms with E-state index in [1.165, 1.54) is 0 Å². The van der Waals surface area contributed by atoms with Crippen molar-refractivity contribution in [3.05, 3.63) is 72.0 Å². The molecule has 148 valence electrons. The van der Waals surface area contributed by atoms with E-state index in [9.17, 15) is 0 Å². The minimum Gasteiger partial charge on any atom is -0.385 e. The lowest BCUT2D eigenvalue weighted by Crippen LogP contribution is -2.37. The number of morpholine rings is 1. The van der Waals surface area contributed by atoms with Crippen molar-refractivity contribution in [2.45, 2.75) is 13.3 Å². The molecule has 1 saturated heterocycles. The summed E-state index contributed by atoms with van der Waals surface area (Å²) in [5.41, 5.74) is 9.04. The molecule has 0 spiro atoms. The van der Waals surface area contributed by atoms with Crippen LogP contribution in [0, 0.1) is 0 Å². The second kappa shape index (κ2) is 13.2. The van der Waals surface area contributed by atoms with Crippen LogP contribution in [0.3, 0.4) is 0 Å². The summed E-state index contributed by atoms with van der Waals surface area (Å²) >= 11 is 4.00. The molecular weight excluding hydrogens is 356 g/mol. The maximum absolute atomic E-state index is 5.89. The van der Waals surface area contributed by atoms with Crippen molar-refractivity contribution in [2.24, 2.45) is 10.7 Å². The van der Waals surface area contributed by atoms with Crippen molar-refractivity contribution in [3.63, 3.8) is 0 Å². The van der Waals surface area contributed by atoms with Gasteiger partial charge in [-0.2, -0.15) is 12.6 Å². The fraction of sp³-hybridized carbons (Fsp3) is 0.381. The Bertz CT molecular complexity index is 641. The molecule has 0 aromatic rings. The molecule has 5 nitrogen and oxygen atoms in total. The largest absolute Gasteiger partial charge is 0.385 e. The molecule has 0 aliphatic carbocycles. The average Bonchev–Trinajstić information content (AvgIpc) is 2.66. The van der Waals surface area contributed by atoms with Crippen molar-refractivity contribution >= 4 is 18.5 Å². The highest BCUT2D eigenvalue weighted by Crippen LogP contribution is 2.09. The Labute approximate surface area is 169 Å². The number of allylic oxidation sites excluding steroid dienone is 4. The van der Waals surface area contributed by atoms with Gasteiger partial charge in [-0.3, -0.25) is 4.90 Å². The summed E-state index contributed by atoms with van der Waals surface area (Å²) in [7, 11) is 0. The van der Waals surface area contributed by atoms with Crippen molar-refractivity contribution < 1.29 is 4.74 Å². The van der Waals surface area contributed by atoms with Crippen LogP contribution in [-0.2, 0) is 4.74 Å². The molecule has 0 aromatic carbocycles. The lowest BCUT2D eigenvalue weighted by atomic mass is 10.1. The normalized spacial score (nSPS) is 17.2. The summed E-state index contributed by atoms with van der Waals surface area (Å²) in [4.78, 5) is 6.73. The number of nitrogens with two attached hydrogens (primary N) is 1. The smallest absolute Gasteiger partial charge is 0.130 e. The first kappa shape index (κ1) is 23.0. The van der Waals surface area contributed by atoms with Crippen LogP contribution >= 0.6 is 12.6 Å². The molecule has 1 heterocycles. The first-order chi connectivity index (χ1) is 13.0. The number of ether oxygens (including phenoxy) is 1. The summed E-state index contributed by atoms with van der Waals surface area (Å²) in [5, 5.41) is 4.94. The van der Waals surface area contributed by atoms with Gasteiger partial charge in [-0.1, -0.05) is 31.9 Å². The Hall–Kier alpha value is -2.02. The van der Waals surface area contributed by atoms with Gasteiger partial charge in [0.2, 0.25) is 0 Å². The zero-order chi connectivity index (χ0) is 20.1. The first-order valence-electron chi connectivity index (χ1n) is 9.06. The Kier molecular flexibility index (Phi) is 11.2. The molecule has 6 heteroatoms. The van der Waals surface area contributed by atoms with E-state index in [2.05, 4.69) is 47.6 Å². The minimum absolute atomic E-state index is 0.364. The molecule has 0 bridgehead atoms. The molecule has 1 fully saturated rings. The monoisotopic (exact) mass is 388 g/mol. The van der Waals surface area contributed by atoms with Gasteiger partial charge in [-0.15, -0.1) is 0 Å². The van der Waals surface area contributed by atoms with Crippen molar-refractivity contribution in [3.8, 4) is 0 Å². The number of hydrogen-bond donors (Lipinski definition) is 3. The van der Waals surface area contributed by atoms with Gasteiger partial charge in [0.15, 0.2) is 0 Å². The molecule has 0 saturated carbocycles. The van der Waals surface area contributed by atoms with E-state index < -0.39 is 0 Å². The van der Waals surface area contributed by atoms with Crippen LogP contribution in [0.15, 0.2) is 77.0 Å². The van der Waals surface area contributed by atoms with Crippen LogP contribution in [0.1, 0.15) is 13.3 Å². The second-order valence-electron chi connectivity index (χ2n) is 6.19. The number of aliphatic imine (C=N–C) groups is 1. The summed E-state index contributed by atoms with van der Waals surface area (Å²) in [5.74, 6) is 0.364. The van der Waals surface area contributed by atoms with Crippen LogP contribution in [0.25, 0.3) is 0 Å². The maximum Gasteiger partial charge on any atom is 0.130 e. The van der Waals surface area contributed by atoms with Crippen LogP contribution < -0.4 is 11.1 Å². The molecule has 0 radical (unpaired) electrons. The van der Waals surface area contributed by atoms with Gasteiger partial charge in [0.1, 0.15) is 5.84 Å². The van der Waals surface area contributed by atoms with Crippen LogP contribution in [0.4, 0.5) is 0 Å². The number of rotatable bonds is 11. The summed E-state index contributed by atoms with van der Waals surface area (Å²) in [6.07, 6.45) is 8.33. The predicted molar refractivity (Wildman–Crippen MR) is 120 cm³/mol. The number of hydrogen-bond acceptors (Lipinski definition) is 5. The Morgan fingerprint density at radius 3 is 2.63 bits per heavy atom. The van der Waals surface area contributed by atoms with Crippen molar-refractivity contribution in [1.82, 2.24) is 10.2 Å². The lowest BCUT2D eigenvalue weighted by Gasteiger charge is -2.26. The van der Waals surface area contributed by atoms with Crippen molar-refractivity contribution in [1.29, 1.82) is 0 Å². The van der Waals surface area contributed by atoms with Crippen LogP contribution in [0.5, 0.6) is 0 Å². The third-order valence-corrected chi connectivity index (χ3v) is 4.22. The summed E-state index contributed by atoms with van der Waals surface area (Å²) < 4.78 is 5.36. The molecule has 1 rings (SSSR count). The van der Waals surface area contributed by atoms with Gasteiger partial charge in [0.05, 0.1) is 13.2 Å².